The molecule has 1 rings (SSSR count). The molecule has 0 spiro atoms. The second kappa shape index (κ2) is 6.23. The van der Waals surface area contributed by atoms with Gasteiger partial charge in [-0.15, -0.1) is 0 Å². The Hall–Kier alpha value is -0.790. The Bertz CT molecular complexity index is 415. The monoisotopic (exact) mass is 256 g/mol. The molecule has 17 heavy (non-hydrogen) atoms. The number of hydrogen-bond donors (Lipinski definition) is 1. The molecule has 1 atom stereocenters. The standard InChI is InChI=1S/C13H21O3P/c1-4-10-17(14,15)16-13-9-7-8-11(5-2)12(13)6-3/h7-9H,4-6,10H2,1-3H3,(H,14,15). The van der Waals surface area contributed by atoms with E-state index in [-0.39, 0.29) is 6.16 Å². The van der Waals surface area contributed by atoms with Crippen molar-refractivity contribution in [3.63, 3.8) is 0 Å². The zero-order valence-corrected chi connectivity index (χ0v) is 11.7. The predicted octanol–water partition coefficient (Wildman–Crippen LogP) is 3.79. The zero-order valence-electron chi connectivity index (χ0n) is 10.8. The minimum atomic E-state index is -3.48. The van der Waals surface area contributed by atoms with Crippen LogP contribution in [-0.2, 0) is 17.4 Å². The maximum absolute atomic E-state index is 11.8. The summed E-state index contributed by atoms with van der Waals surface area (Å²) in [5, 5.41) is 0. The lowest BCUT2D eigenvalue weighted by atomic mass is 10.0. The van der Waals surface area contributed by atoms with Gasteiger partial charge in [0.25, 0.3) is 0 Å². The molecule has 0 aliphatic rings. The summed E-state index contributed by atoms with van der Waals surface area (Å²) in [7, 11) is -3.48. The van der Waals surface area contributed by atoms with Gasteiger partial charge in [-0.05, 0) is 36.5 Å². The first-order chi connectivity index (χ1) is 8.04. The topological polar surface area (TPSA) is 46.5 Å². The van der Waals surface area contributed by atoms with Crippen molar-refractivity contribution in [3.05, 3.63) is 29.3 Å². The molecule has 0 saturated heterocycles. The highest BCUT2D eigenvalue weighted by Crippen LogP contribution is 2.44. The predicted molar refractivity (Wildman–Crippen MR) is 70.8 cm³/mol. The molecule has 1 aromatic rings. The molecule has 4 heteroatoms. The van der Waals surface area contributed by atoms with E-state index in [4.69, 9.17) is 4.52 Å². The number of hydrogen-bond acceptors (Lipinski definition) is 2. The Morgan fingerprint density at radius 3 is 2.47 bits per heavy atom. The van der Waals surface area contributed by atoms with Gasteiger partial charge in [0.15, 0.2) is 0 Å². The molecule has 0 aliphatic heterocycles. The normalized spacial score (nSPS) is 14.4. The van der Waals surface area contributed by atoms with E-state index in [0.29, 0.717) is 12.2 Å². The first-order valence-electron chi connectivity index (χ1n) is 6.16. The summed E-state index contributed by atoms with van der Waals surface area (Å²) in [6.45, 7) is 5.97. The summed E-state index contributed by atoms with van der Waals surface area (Å²) >= 11 is 0. The number of rotatable bonds is 6. The van der Waals surface area contributed by atoms with Gasteiger partial charge in [0, 0.05) is 0 Å². The molecule has 0 saturated carbocycles. The molecule has 0 aromatic heterocycles. The fourth-order valence-electron chi connectivity index (χ4n) is 1.91. The molecule has 0 fully saturated rings. The van der Waals surface area contributed by atoms with E-state index >= 15 is 0 Å². The average Bonchev–Trinajstić information content (AvgIpc) is 2.27. The molecule has 0 amide bonds. The molecule has 1 aromatic carbocycles. The molecule has 0 aliphatic carbocycles. The molecule has 0 radical (unpaired) electrons. The summed E-state index contributed by atoms with van der Waals surface area (Å²) < 4.78 is 17.1. The second-order valence-electron chi connectivity index (χ2n) is 4.05. The van der Waals surface area contributed by atoms with Crippen LogP contribution in [0, 0.1) is 0 Å². The van der Waals surface area contributed by atoms with Crippen molar-refractivity contribution in [2.45, 2.75) is 40.0 Å². The van der Waals surface area contributed by atoms with E-state index in [1.54, 1.807) is 6.07 Å². The highest BCUT2D eigenvalue weighted by Gasteiger charge is 2.21. The van der Waals surface area contributed by atoms with Crippen molar-refractivity contribution in [2.75, 3.05) is 6.16 Å². The second-order valence-corrected chi connectivity index (χ2v) is 5.96. The van der Waals surface area contributed by atoms with Crippen LogP contribution in [0.5, 0.6) is 5.75 Å². The van der Waals surface area contributed by atoms with E-state index in [9.17, 15) is 9.46 Å². The van der Waals surface area contributed by atoms with Gasteiger partial charge in [-0.2, -0.15) is 0 Å². The SMILES string of the molecule is CCCP(=O)(O)Oc1cccc(CC)c1CC. The van der Waals surface area contributed by atoms with Gasteiger partial charge in [0.2, 0.25) is 0 Å². The average molecular weight is 256 g/mol. The third-order valence-corrected chi connectivity index (χ3v) is 4.21. The van der Waals surface area contributed by atoms with E-state index in [1.165, 1.54) is 5.56 Å². The van der Waals surface area contributed by atoms with Gasteiger partial charge in [0.05, 0.1) is 6.16 Å². The Kier molecular flexibility index (Phi) is 5.23. The van der Waals surface area contributed by atoms with Crippen LogP contribution in [0.2, 0.25) is 0 Å². The minimum absolute atomic E-state index is 0.201. The van der Waals surface area contributed by atoms with E-state index in [2.05, 4.69) is 6.92 Å². The minimum Gasteiger partial charge on any atom is -0.424 e. The van der Waals surface area contributed by atoms with Crippen LogP contribution in [0.25, 0.3) is 0 Å². The van der Waals surface area contributed by atoms with Gasteiger partial charge in [-0.3, -0.25) is 0 Å². The van der Waals surface area contributed by atoms with Crippen molar-refractivity contribution in [1.82, 2.24) is 0 Å². The van der Waals surface area contributed by atoms with E-state index in [1.807, 2.05) is 26.0 Å². The smallest absolute Gasteiger partial charge is 0.376 e. The summed E-state index contributed by atoms with van der Waals surface area (Å²) in [6.07, 6.45) is 2.56. The number of benzene rings is 1. The van der Waals surface area contributed by atoms with Gasteiger partial charge in [-0.25, -0.2) is 4.57 Å². The molecule has 1 N–H and O–H groups in total. The Morgan fingerprint density at radius 1 is 1.24 bits per heavy atom. The fourth-order valence-corrected chi connectivity index (χ4v) is 3.05. The Balaban J connectivity index is 3.02. The van der Waals surface area contributed by atoms with Crippen molar-refractivity contribution < 1.29 is 14.0 Å². The van der Waals surface area contributed by atoms with E-state index in [0.717, 1.165) is 18.4 Å². The van der Waals surface area contributed by atoms with Crippen molar-refractivity contribution in [2.24, 2.45) is 0 Å². The first-order valence-corrected chi connectivity index (χ1v) is 7.92. The third-order valence-electron chi connectivity index (χ3n) is 2.71. The maximum Gasteiger partial charge on any atom is 0.376 e. The highest BCUT2D eigenvalue weighted by atomic mass is 31.2. The Morgan fingerprint density at radius 2 is 1.94 bits per heavy atom. The lowest BCUT2D eigenvalue weighted by Gasteiger charge is -2.17. The van der Waals surface area contributed by atoms with Gasteiger partial charge >= 0.3 is 7.60 Å². The third kappa shape index (κ3) is 3.86. The van der Waals surface area contributed by atoms with Gasteiger partial charge < -0.3 is 9.42 Å². The van der Waals surface area contributed by atoms with Crippen LogP contribution in [0.1, 0.15) is 38.3 Å². The summed E-state index contributed by atoms with van der Waals surface area (Å²) in [5.74, 6) is 0.561. The fraction of sp³-hybridized carbons (Fsp3) is 0.538. The lowest BCUT2D eigenvalue weighted by molar-refractivity contribution is 0.377. The van der Waals surface area contributed by atoms with Gasteiger partial charge in [0.1, 0.15) is 5.75 Å². The zero-order chi connectivity index (χ0) is 12.9. The van der Waals surface area contributed by atoms with Crippen LogP contribution < -0.4 is 4.52 Å². The van der Waals surface area contributed by atoms with Crippen LogP contribution in [0.4, 0.5) is 0 Å². The number of aryl methyl sites for hydroxylation is 1. The quantitative estimate of drug-likeness (QED) is 0.788. The molecule has 0 bridgehead atoms. The molecule has 3 nitrogen and oxygen atoms in total. The van der Waals surface area contributed by atoms with Crippen LogP contribution in [0.3, 0.4) is 0 Å². The Labute approximate surface area is 103 Å². The summed E-state index contributed by atoms with van der Waals surface area (Å²) in [5.41, 5.74) is 2.22. The maximum atomic E-state index is 11.8. The van der Waals surface area contributed by atoms with Crippen LogP contribution in [-0.4, -0.2) is 11.1 Å². The summed E-state index contributed by atoms with van der Waals surface area (Å²) in [4.78, 5) is 9.68. The van der Waals surface area contributed by atoms with Crippen LogP contribution >= 0.6 is 7.60 Å². The van der Waals surface area contributed by atoms with Crippen molar-refractivity contribution in [3.8, 4) is 5.75 Å². The molecular weight excluding hydrogens is 235 g/mol. The van der Waals surface area contributed by atoms with Crippen LogP contribution in [0.15, 0.2) is 18.2 Å². The molecule has 0 heterocycles. The highest BCUT2D eigenvalue weighted by molar-refractivity contribution is 7.53. The molecular formula is C13H21O3P. The molecule has 96 valence electrons. The largest absolute Gasteiger partial charge is 0.424 e. The van der Waals surface area contributed by atoms with Crippen molar-refractivity contribution in [1.29, 1.82) is 0 Å². The van der Waals surface area contributed by atoms with Crippen molar-refractivity contribution >= 4 is 7.60 Å². The van der Waals surface area contributed by atoms with E-state index < -0.39 is 7.60 Å². The summed E-state index contributed by atoms with van der Waals surface area (Å²) in [6, 6.07) is 5.68. The lowest BCUT2D eigenvalue weighted by Crippen LogP contribution is -2.01. The van der Waals surface area contributed by atoms with Gasteiger partial charge in [-0.1, -0.05) is 32.9 Å². The first kappa shape index (κ1) is 14.3. The molecule has 1 unspecified atom stereocenters.